The fourth-order valence-electron chi connectivity index (χ4n) is 3.69. The molecule has 0 radical (unpaired) electrons. The summed E-state index contributed by atoms with van der Waals surface area (Å²) in [5.74, 6) is 0.178. The van der Waals surface area contributed by atoms with Crippen molar-refractivity contribution in [3.8, 4) is 0 Å². The molecule has 2 fully saturated rings. The van der Waals surface area contributed by atoms with Gasteiger partial charge in [-0.25, -0.2) is 0 Å². The van der Waals surface area contributed by atoms with Crippen molar-refractivity contribution in [3.63, 3.8) is 0 Å². The van der Waals surface area contributed by atoms with Gasteiger partial charge in [0.05, 0.1) is 18.6 Å². The first-order valence-corrected chi connectivity index (χ1v) is 9.61. The number of carbonyl (C=O) groups is 1. The van der Waals surface area contributed by atoms with Gasteiger partial charge in [-0.3, -0.25) is 9.69 Å². The number of morpholine rings is 1. The van der Waals surface area contributed by atoms with Crippen molar-refractivity contribution in [2.24, 2.45) is 0 Å². The lowest BCUT2D eigenvalue weighted by atomic mass is 9.63. The molecule has 5 heteroatoms. The number of halogens is 1. The van der Waals surface area contributed by atoms with E-state index >= 15 is 0 Å². The molecule has 4 nitrogen and oxygen atoms in total. The highest BCUT2D eigenvalue weighted by atomic mass is 79.9. The van der Waals surface area contributed by atoms with Crippen molar-refractivity contribution in [1.82, 2.24) is 10.2 Å². The topological polar surface area (TPSA) is 41.6 Å². The second-order valence-electron chi connectivity index (χ2n) is 7.54. The standard InChI is InChI=1S/C19H27BrN2O2/c1-18(2,22-10-12-24-13-11-22)14-21-17(23)19(8-3-9-19)15-4-6-16(20)7-5-15/h4-7H,3,8-14H2,1-2H3,(H,21,23). The summed E-state index contributed by atoms with van der Waals surface area (Å²) < 4.78 is 6.49. The minimum Gasteiger partial charge on any atom is -0.379 e. The molecule has 3 rings (SSSR count). The van der Waals surface area contributed by atoms with Crippen LogP contribution in [-0.2, 0) is 14.9 Å². The molecule has 132 valence electrons. The number of rotatable bonds is 5. The first-order valence-electron chi connectivity index (χ1n) is 8.81. The van der Waals surface area contributed by atoms with Gasteiger partial charge in [0.2, 0.25) is 5.91 Å². The summed E-state index contributed by atoms with van der Waals surface area (Å²) in [6, 6.07) is 8.21. The average molecular weight is 395 g/mol. The Labute approximate surface area is 153 Å². The van der Waals surface area contributed by atoms with E-state index in [1.807, 2.05) is 12.1 Å². The van der Waals surface area contributed by atoms with Crippen LogP contribution in [0.4, 0.5) is 0 Å². The van der Waals surface area contributed by atoms with E-state index < -0.39 is 0 Å². The van der Waals surface area contributed by atoms with Gasteiger partial charge >= 0.3 is 0 Å². The molecule has 0 spiro atoms. The summed E-state index contributed by atoms with van der Waals surface area (Å²) >= 11 is 3.47. The number of carbonyl (C=O) groups excluding carboxylic acids is 1. The lowest BCUT2D eigenvalue weighted by Gasteiger charge is -2.44. The van der Waals surface area contributed by atoms with Crippen LogP contribution in [-0.4, -0.2) is 49.2 Å². The molecule has 1 aliphatic heterocycles. The number of amides is 1. The molecule has 0 atom stereocenters. The Morgan fingerprint density at radius 1 is 1.25 bits per heavy atom. The van der Waals surface area contributed by atoms with Crippen LogP contribution < -0.4 is 5.32 Å². The minimum absolute atomic E-state index is 0.0515. The van der Waals surface area contributed by atoms with E-state index in [1.54, 1.807) is 0 Å². The molecule has 1 aliphatic carbocycles. The van der Waals surface area contributed by atoms with E-state index in [0.29, 0.717) is 6.54 Å². The largest absolute Gasteiger partial charge is 0.379 e. The zero-order valence-corrected chi connectivity index (χ0v) is 16.2. The molecule has 0 aromatic heterocycles. The highest BCUT2D eigenvalue weighted by Crippen LogP contribution is 2.44. The third-order valence-corrected chi connectivity index (χ3v) is 6.12. The maximum atomic E-state index is 13.0. The van der Waals surface area contributed by atoms with Gasteiger partial charge in [-0.05, 0) is 44.4 Å². The number of nitrogens with one attached hydrogen (secondary N) is 1. The van der Waals surface area contributed by atoms with Gasteiger partial charge in [-0.2, -0.15) is 0 Å². The fraction of sp³-hybridized carbons (Fsp3) is 0.632. The second-order valence-corrected chi connectivity index (χ2v) is 8.45. The van der Waals surface area contributed by atoms with Gasteiger partial charge in [0.25, 0.3) is 0 Å². The third-order valence-electron chi connectivity index (χ3n) is 5.59. The molecule has 1 heterocycles. The Kier molecular flexibility index (Phi) is 5.33. The lowest BCUT2D eigenvalue weighted by Crippen LogP contribution is -2.58. The second kappa shape index (κ2) is 7.14. The molecule has 1 saturated carbocycles. The zero-order chi connectivity index (χ0) is 17.2. The van der Waals surface area contributed by atoms with Crippen LogP contribution in [0.2, 0.25) is 0 Å². The summed E-state index contributed by atoms with van der Waals surface area (Å²) in [7, 11) is 0. The fourth-order valence-corrected chi connectivity index (χ4v) is 3.96. The number of ether oxygens (including phenoxy) is 1. The maximum absolute atomic E-state index is 13.0. The van der Waals surface area contributed by atoms with Crippen LogP contribution in [0.1, 0.15) is 38.7 Å². The summed E-state index contributed by atoms with van der Waals surface area (Å²) in [5.41, 5.74) is 0.755. The number of hydrogen-bond acceptors (Lipinski definition) is 3. The van der Waals surface area contributed by atoms with Gasteiger partial charge in [0.15, 0.2) is 0 Å². The molecule has 1 amide bonds. The van der Waals surface area contributed by atoms with E-state index in [1.165, 1.54) is 0 Å². The summed E-state index contributed by atoms with van der Waals surface area (Å²) in [5, 5.41) is 3.24. The van der Waals surface area contributed by atoms with Crippen molar-refractivity contribution in [2.75, 3.05) is 32.8 Å². The van der Waals surface area contributed by atoms with Crippen LogP contribution in [0.5, 0.6) is 0 Å². The maximum Gasteiger partial charge on any atom is 0.230 e. The monoisotopic (exact) mass is 394 g/mol. The molecule has 1 N–H and O–H groups in total. The van der Waals surface area contributed by atoms with E-state index in [-0.39, 0.29) is 16.9 Å². The molecule has 0 bridgehead atoms. The number of benzene rings is 1. The van der Waals surface area contributed by atoms with Crippen molar-refractivity contribution >= 4 is 21.8 Å². The Balaban J connectivity index is 1.65. The SMILES string of the molecule is CC(C)(CNC(=O)C1(c2ccc(Br)cc2)CCC1)N1CCOCC1. The van der Waals surface area contributed by atoms with E-state index in [4.69, 9.17) is 4.74 Å². The van der Waals surface area contributed by atoms with Crippen LogP contribution in [0.25, 0.3) is 0 Å². The van der Waals surface area contributed by atoms with Crippen molar-refractivity contribution in [3.05, 3.63) is 34.3 Å². The molecule has 0 unspecified atom stereocenters. The molecular weight excluding hydrogens is 368 g/mol. The molecule has 1 aromatic rings. The molecular formula is C19H27BrN2O2. The molecule has 24 heavy (non-hydrogen) atoms. The van der Waals surface area contributed by atoms with Crippen LogP contribution in [0.15, 0.2) is 28.7 Å². The third kappa shape index (κ3) is 3.53. The van der Waals surface area contributed by atoms with Gasteiger partial charge in [0.1, 0.15) is 0 Å². The predicted molar refractivity (Wildman–Crippen MR) is 99.2 cm³/mol. The van der Waals surface area contributed by atoms with Crippen molar-refractivity contribution in [1.29, 1.82) is 0 Å². The van der Waals surface area contributed by atoms with Crippen molar-refractivity contribution in [2.45, 2.75) is 44.1 Å². The highest BCUT2D eigenvalue weighted by molar-refractivity contribution is 9.10. The summed E-state index contributed by atoms with van der Waals surface area (Å²) in [4.78, 5) is 15.4. The summed E-state index contributed by atoms with van der Waals surface area (Å²) in [6.45, 7) is 8.49. The first-order chi connectivity index (χ1) is 11.4. The van der Waals surface area contributed by atoms with E-state index in [2.05, 4.69) is 52.1 Å². The molecule has 2 aliphatic rings. The Hall–Kier alpha value is -0.910. The van der Waals surface area contributed by atoms with Gasteiger partial charge in [-0.15, -0.1) is 0 Å². The first kappa shape index (κ1) is 17.9. The highest BCUT2D eigenvalue weighted by Gasteiger charge is 2.46. The summed E-state index contributed by atoms with van der Waals surface area (Å²) in [6.07, 6.45) is 3.01. The van der Waals surface area contributed by atoms with Crippen LogP contribution in [0.3, 0.4) is 0 Å². The van der Waals surface area contributed by atoms with E-state index in [0.717, 1.165) is 55.6 Å². The van der Waals surface area contributed by atoms with Gasteiger partial charge < -0.3 is 10.1 Å². The molecule has 1 saturated heterocycles. The Morgan fingerprint density at radius 2 is 1.88 bits per heavy atom. The van der Waals surface area contributed by atoms with E-state index in [9.17, 15) is 4.79 Å². The smallest absolute Gasteiger partial charge is 0.230 e. The van der Waals surface area contributed by atoms with Gasteiger partial charge in [0, 0.05) is 29.6 Å². The van der Waals surface area contributed by atoms with Gasteiger partial charge in [-0.1, -0.05) is 34.5 Å². The minimum atomic E-state index is -0.332. The zero-order valence-electron chi connectivity index (χ0n) is 14.6. The lowest BCUT2D eigenvalue weighted by molar-refractivity contribution is -0.130. The quantitative estimate of drug-likeness (QED) is 0.833. The predicted octanol–water partition coefficient (Wildman–Crippen LogP) is 3.10. The average Bonchev–Trinajstić information content (AvgIpc) is 2.55. The number of hydrogen-bond donors (Lipinski definition) is 1. The molecule has 1 aromatic carbocycles. The van der Waals surface area contributed by atoms with Crippen LogP contribution >= 0.6 is 15.9 Å². The Morgan fingerprint density at radius 3 is 2.42 bits per heavy atom. The normalized spacial score (nSPS) is 21.1. The van der Waals surface area contributed by atoms with Crippen LogP contribution in [0, 0.1) is 0 Å². The number of nitrogens with zero attached hydrogens (tertiary/aromatic N) is 1. The Bertz CT molecular complexity index is 576. The van der Waals surface area contributed by atoms with Crippen molar-refractivity contribution < 1.29 is 9.53 Å².